The Labute approximate surface area is 181 Å². The molecule has 1 saturated heterocycles. The molecule has 4 N–H and O–H groups in total. The molecule has 0 bridgehead atoms. The number of alkyl carbamates (subject to hydrolysis) is 1. The van der Waals surface area contributed by atoms with Crippen LogP contribution in [0.1, 0.15) is 32.8 Å². The first kappa shape index (κ1) is 22.6. The second-order valence-corrected chi connectivity index (χ2v) is 8.67. The van der Waals surface area contributed by atoms with Crippen LogP contribution in [-0.2, 0) is 25.5 Å². The second-order valence-electron chi connectivity index (χ2n) is 8.67. The molecule has 1 aromatic heterocycles. The highest BCUT2D eigenvalue weighted by Crippen LogP contribution is 2.21. The molecule has 3 atom stereocenters. The van der Waals surface area contributed by atoms with Gasteiger partial charge in [-0.1, -0.05) is 18.2 Å². The van der Waals surface area contributed by atoms with E-state index in [1.807, 2.05) is 30.5 Å². The van der Waals surface area contributed by atoms with E-state index in [0.29, 0.717) is 13.0 Å². The van der Waals surface area contributed by atoms with Crippen LogP contribution >= 0.6 is 0 Å². The molecule has 31 heavy (non-hydrogen) atoms. The van der Waals surface area contributed by atoms with E-state index in [-0.39, 0.29) is 18.4 Å². The van der Waals surface area contributed by atoms with Crippen molar-refractivity contribution < 1.29 is 23.9 Å². The van der Waals surface area contributed by atoms with Crippen molar-refractivity contribution in [3.05, 3.63) is 36.0 Å². The Morgan fingerprint density at radius 3 is 2.71 bits per heavy atom. The zero-order valence-electron chi connectivity index (χ0n) is 18.3. The van der Waals surface area contributed by atoms with Crippen molar-refractivity contribution >= 4 is 28.9 Å². The van der Waals surface area contributed by atoms with Crippen LogP contribution in [-0.4, -0.2) is 60.3 Å². The number of aromatic amines is 1. The number of fused-ring (bicyclic) bond motifs is 1. The molecule has 0 radical (unpaired) electrons. The number of rotatable bonds is 6. The molecule has 0 aliphatic carbocycles. The number of hydrogen-bond acceptors (Lipinski definition) is 6. The molecule has 2 aromatic rings. The molecule has 0 saturated carbocycles. The highest BCUT2D eigenvalue weighted by molar-refractivity contribution is 5.87. The monoisotopic (exact) mass is 430 g/mol. The molecule has 9 heteroatoms. The van der Waals surface area contributed by atoms with Gasteiger partial charge in [0.05, 0.1) is 25.6 Å². The number of nitrogens with one attached hydrogen (secondary N) is 4. The van der Waals surface area contributed by atoms with Gasteiger partial charge in [-0.3, -0.25) is 14.9 Å². The topological polar surface area (TPSA) is 122 Å². The molecule has 2 amide bonds. The van der Waals surface area contributed by atoms with Crippen LogP contribution in [0.25, 0.3) is 10.9 Å². The van der Waals surface area contributed by atoms with Crippen LogP contribution in [0.15, 0.2) is 30.5 Å². The Balaban J connectivity index is 1.81. The van der Waals surface area contributed by atoms with E-state index in [1.54, 1.807) is 20.8 Å². The third-order valence-electron chi connectivity index (χ3n) is 5.13. The number of H-pyrrole nitrogens is 1. The van der Waals surface area contributed by atoms with E-state index >= 15 is 0 Å². The summed E-state index contributed by atoms with van der Waals surface area (Å²) in [6, 6.07) is 6.47. The first-order valence-corrected chi connectivity index (χ1v) is 10.3. The number of aromatic nitrogens is 1. The summed E-state index contributed by atoms with van der Waals surface area (Å²) in [5.74, 6) is -0.758. The van der Waals surface area contributed by atoms with Crippen molar-refractivity contribution in [3.8, 4) is 0 Å². The normalized spacial score (nSPS) is 20.1. The fourth-order valence-electron chi connectivity index (χ4n) is 3.68. The number of carbonyl (C=O) groups is 3. The molecule has 1 aromatic carbocycles. The average Bonchev–Trinajstić information content (AvgIpc) is 3.10. The molecular formula is C22H30N4O5. The number of methoxy groups -OCH3 is 1. The van der Waals surface area contributed by atoms with E-state index in [1.165, 1.54) is 7.11 Å². The van der Waals surface area contributed by atoms with E-state index in [2.05, 4.69) is 20.9 Å². The molecule has 1 aliphatic rings. The van der Waals surface area contributed by atoms with Crippen LogP contribution in [0.2, 0.25) is 0 Å². The van der Waals surface area contributed by atoms with Crippen molar-refractivity contribution in [2.24, 2.45) is 0 Å². The third kappa shape index (κ3) is 5.97. The van der Waals surface area contributed by atoms with Gasteiger partial charge in [0.25, 0.3) is 0 Å². The number of carbonyl (C=O) groups excluding carboxylic acids is 3. The van der Waals surface area contributed by atoms with Crippen LogP contribution in [0, 0.1) is 0 Å². The lowest BCUT2D eigenvalue weighted by molar-refractivity contribution is -0.143. The standard InChI is InChI=1S/C22H30N4O5/c1-22(2,3)31-21(29)26-16(9-13-11-23-15-8-6-5-7-14(13)15)18-12-24-20(28)17(25-18)10-19(27)30-4/h5-8,11,16-18,23,25H,9-10,12H2,1-4H3,(H,24,28)(H,26,29)/t16-,17+,18+/m1/s1. The minimum absolute atomic E-state index is 0.0922. The predicted molar refractivity (Wildman–Crippen MR) is 116 cm³/mol. The van der Waals surface area contributed by atoms with Crippen LogP contribution in [0.3, 0.4) is 0 Å². The van der Waals surface area contributed by atoms with Crippen molar-refractivity contribution in [1.29, 1.82) is 0 Å². The van der Waals surface area contributed by atoms with Crippen molar-refractivity contribution in [2.75, 3.05) is 13.7 Å². The number of piperazine rings is 1. The molecule has 3 rings (SSSR count). The highest BCUT2D eigenvalue weighted by Gasteiger charge is 2.35. The fraction of sp³-hybridized carbons (Fsp3) is 0.500. The molecule has 0 spiro atoms. The summed E-state index contributed by atoms with van der Waals surface area (Å²) in [6.07, 6.45) is 1.79. The molecule has 1 fully saturated rings. The van der Waals surface area contributed by atoms with E-state index < -0.39 is 29.7 Å². The Morgan fingerprint density at radius 2 is 2.00 bits per heavy atom. The Kier molecular flexibility index (Phi) is 6.84. The van der Waals surface area contributed by atoms with E-state index in [4.69, 9.17) is 9.47 Å². The first-order chi connectivity index (χ1) is 14.7. The molecule has 1 aliphatic heterocycles. The highest BCUT2D eigenvalue weighted by atomic mass is 16.6. The fourth-order valence-corrected chi connectivity index (χ4v) is 3.68. The minimum Gasteiger partial charge on any atom is -0.469 e. The maximum Gasteiger partial charge on any atom is 0.407 e. The number of amides is 2. The van der Waals surface area contributed by atoms with Gasteiger partial charge in [-0.05, 0) is 38.8 Å². The van der Waals surface area contributed by atoms with Crippen molar-refractivity contribution in [1.82, 2.24) is 20.9 Å². The molecule has 168 valence electrons. The summed E-state index contributed by atoms with van der Waals surface area (Å²) in [5.41, 5.74) is 1.39. The largest absolute Gasteiger partial charge is 0.469 e. The van der Waals surface area contributed by atoms with Gasteiger partial charge in [0.2, 0.25) is 5.91 Å². The van der Waals surface area contributed by atoms with Crippen molar-refractivity contribution in [3.63, 3.8) is 0 Å². The van der Waals surface area contributed by atoms with Gasteiger partial charge in [0.1, 0.15) is 5.60 Å². The number of hydrogen-bond donors (Lipinski definition) is 4. The lowest BCUT2D eigenvalue weighted by Crippen LogP contribution is -2.65. The van der Waals surface area contributed by atoms with Crippen LogP contribution in [0.4, 0.5) is 4.79 Å². The molecule has 0 unspecified atom stereocenters. The summed E-state index contributed by atoms with van der Waals surface area (Å²) in [5, 5.41) is 10.0. The molecule has 9 nitrogen and oxygen atoms in total. The van der Waals surface area contributed by atoms with Crippen molar-refractivity contribution in [2.45, 2.75) is 57.3 Å². The second kappa shape index (κ2) is 9.38. The Hall–Kier alpha value is -3.07. The maximum absolute atomic E-state index is 12.5. The molecule has 2 heterocycles. The zero-order chi connectivity index (χ0) is 22.6. The smallest absolute Gasteiger partial charge is 0.407 e. The van der Waals surface area contributed by atoms with Gasteiger partial charge >= 0.3 is 12.1 Å². The Morgan fingerprint density at radius 1 is 1.26 bits per heavy atom. The lowest BCUT2D eigenvalue weighted by atomic mass is 9.95. The van der Waals surface area contributed by atoms with Gasteiger partial charge in [-0.15, -0.1) is 0 Å². The van der Waals surface area contributed by atoms with Crippen LogP contribution in [0.5, 0.6) is 0 Å². The first-order valence-electron chi connectivity index (χ1n) is 10.3. The van der Waals surface area contributed by atoms with Gasteiger partial charge in [-0.25, -0.2) is 4.79 Å². The van der Waals surface area contributed by atoms with E-state index in [9.17, 15) is 14.4 Å². The van der Waals surface area contributed by atoms with Gasteiger partial charge < -0.3 is 25.1 Å². The summed E-state index contributed by atoms with van der Waals surface area (Å²) >= 11 is 0. The minimum atomic E-state index is -0.739. The maximum atomic E-state index is 12.5. The van der Waals surface area contributed by atoms with Gasteiger partial charge in [0, 0.05) is 29.7 Å². The molecular weight excluding hydrogens is 400 g/mol. The third-order valence-corrected chi connectivity index (χ3v) is 5.13. The Bertz CT molecular complexity index is 949. The average molecular weight is 431 g/mol. The number of para-hydroxylation sites is 1. The van der Waals surface area contributed by atoms with Gasteiger partial charge in [-0.2, -0.15) is 0 Å². The zero-order valence-corrected chi connectivity index (χ0v) is 18.3. The summed E-state index contributed by atoms with van der Waals surface area (Å²) < 4.78 is 10.1. The summed E-state index contributed by atoms with van der Waals surface area (Å²) in [6.45, 7) is 5.70. The predicted octanol–water partition coefficient (Wildman–Crippen LogP) is 1.62. The summed E-state index contributed by atoms with van der Waals surface area (Å²) in [4.78, 5) is 39.7. The number of esters is 1. The number of ether oxygens (including phenoxy) is 2. The summed E-state index contributed by atoms with van der Waals surface area (Å²) in [7, 11) is 1.28. The van der Waals surface area contributed by atoms with Crippen LogP contribution < -0.4 is 16.0 Å². The van der Waals surface area contributed by atoms with E-state index in [0.717, 1.165) is 16.5 Å². The number of benzene rings is 1. The lowest BCUT2D eigenvalue weighted by Gasteiger charge is -2.36. The quantitative estimate of drug-likeness (QED) is 0.517. The SMILES string of the molecule is COC(=O)C[C@@H]1N[C@H]([C@@H](Cc2c[nH]c3ccccc23)NC(=O)OC(C)(C)C)CNC1=O. The van der Waals surface area contributed by atoms with Gasteiger partial charge in [0.15, 0.2) is 0 Å².